The Kier molecular flexibility index (Phi) is 5.90. The van der Waals surface area contributed by atoms with E-state index in [2.05, 4.69) is 16.6 Å². The first-order chi connectivity index (χ1) is 9.82. The first-order valence-electron chi connectivity index (χ1n) is 6.15. The van der Waals surface area contributed by atoms with E-state index in [1.165, 1.54) is 20.2 Å². The Hall–Kier alpha value is -1.88. The second-order valence-electron chi connectivity index (χ2n) is 4.32. The van der Waals surface area contributed by atoms with E-state index in [1.807, 2.05) is 0 Å². The number of esters is 1. The number of likely N-dealkylation sites (N-methyl/N-ethyl adjacent to an activating group) is 1. The molecule has 2 N–H and O–H groups in total. The van der Waals surface area contributed by atoms with Crippen LogP contribution in [0.3, 0.4) is 0 Å². The molecule has 1 aromatic rings. The number of benzene rings is 1. The van der Waals surface area contributed by atoms with Gasteiger partial charge in [-0.25, -0.2) is 8.42 Å². The van der Waals surface area contributed by atoms with Crippen molar-refractivity contribution in [1.29, 1.82) is 0 Å². The Morgan fingerprint density at radius 3 is 2.67 bits per heavy atom. The molecule has 1 aromatic carbocycles. The molecule has 0 unspecified atom stereocenters. The van der Waals surface area contributed by atoms with E-state index in [9.17, 15) is 13.2 Å². The van der Waals surface area contributed by atoms with Gasteiger partial charge in [-0.1, -0.05) is 17.9 Å². The Bertz CT molecular complexity index is 687. The van der Waals surface area contributed by atoms with Gasteiger partial charge in [0.05, 0.1) is 18.6 Å². The van der Waals surface area contributed by atoms with Crippen molar-refractivity contribution in [3.8, 4) is 11.8 Å². The summed E-state index contributed by atoms with van der Waals surface area (Å²) in [6, 6.07) is 4.86. The van der Waals surface area contributed by atoms with Crippen molar-refractivity contribution in [2.45, 2.75) is 11.8 Å². The summed E-state index contributed by atoms with van der Waals surface area (Å²) < 4.78 is 30.4. The fourth-order valence-electron chi connectivity index (χ4n) is 1.61. The Balaban J connectivity index is 3.21. The summed E-state index contributed by atoms with van der Waals surface area (Å²) in [5, 5.41) is 0. The molecule has 0 heterocycles. The SMILES string of the molecule is COC(=O)CN(C)S(=O)(=O)c1cc(C#CCN)ccc1C. The van der Waals surface area contributed by atoms with Gasteiger partial charge in [-0.3, -0.25) is 4.79 Å². The van der Waals surface area contributed by atoms with Crippen LogP contribution in [-0.4, -0.2) is 45.9 Å². The number of aryl methyl sites for hydroxylation is 1. The quantitative estimate of drug-likeness (QED) is 0.629. The fourth-order valence-corrected chi connectivity index (χ4v) is 2.97. The molecular weight excluding hydrogens is 292 g/mol. The summed E-state index contributed by atoms with van der Waals surface area (Å²) in [5.74, 6) is 4.83. The minimum Gasteiger partial charge on any atom is -0.468 e. The molecule has 6 nitrogen and oxygen atoms in total. The molecule has 0 bridgehead atoms. The molecule has 1 rings (SSSR count). The summed E-state index contributed by atoms with van der Waals surface area (Å²) in [6.07, 6.45) is 0. The summed E-state index contributed by atoms with van der Waals surface area (Å²) in [5.41, 5.74) is 6.42. The lowest BCUT2D eigenvalue weighted by atomic mass is 10.1. The molecule has 0 fully saturated rings. The first kappa shape index (κ1) is 17.2. The maximum absolute atomic E-state index is 12.5. The molecule has 0 aromatic heterocycles. The Morgan fingerprint density at radius 2 is 2.10 bits per heavy atom. The monoisotopic (exact) mass is 310 g/mol. The second kappa shape index (κ2) is 7.22. The zero-order valence-electron chi connectivity index (χ0n) is 12.2. The van der Waals surface area contributed by atoms with Gasteiger partial charge >= 0.3 is 5.97 Å². The molecule has 0 atom stereocenters. The van der Waals surface area contributed by atoms with Crippen molar-refractivity contribution < 1.29 is 17.9 Å². The van der Waals surface area contributed by atoms with E-state index in [-0.39, 0.29) is 18.0 Å². The molecule has 7 heteroatoms. The number of nitrogens with zero attached hydrogens (tertiary/aromatic N) is 1. The summed E-state index contributed by atoms with van der Waals surface area (Å²) >= 11 is 0. The van der Waals surface area contributed by atoms with Crippen molar-refractivity contribution in [1.82, 2.24) is 4.31 Å². The van der Waals surface area contributed by atoms with Crippen molar-refractivity contribution in [2.24, 2.45) is 5.73 Å². The average molecular weight is 310 g/mol. The van der Waals surface area contributed by atoms with Crippen LogP contribution in [0.25, 0.3) is 0 Å². The van der Waals surface area contributed by atoms with E-state index in [1.54, 1.807) is 19.1 Å². The van der Waals surface area contributed by atoms with E-state index in [0.29, 0.717) is 11.1 Å². The van der Waals surface area contributed by atoms with Gasteiger partial charge in [-0.2, -0.15) is 4.31 Å². The molecular formula is C14H18N2O4S. The number of rotatable bonds is 4. The molecule has 0 amide bonds. The van der Waals surface area contributed by atoms with Gasteiger partial charge in [0.1, 0.15) is 6.54 Å². The zero-order chi connectivity index (χ0) is 16.0. The second-order valence-corrected chi connectivity index (χ2v) is 6.34. The summed E-state index contributed by atoms with van der Waals surface area (Å²) in [6.45, 7) is 1.52. The topological polar surface area (TPSA) is 89.7 Å². The largest absolute Gasteiger partial charge is 0.468 e. The average Bonchev–Trinajstić information content (AvgIpc) is 2.45. The van der Waals surface area contributed by atoms with Crippen LogP contribution in [0.4, 0.5) is 0 Å². The van der Waals surface area contributed by atoms with Crippen molar-refractivity contribution >= 4 is 16.0 Å². The van der Waals surface area contributed by atoms with Gasteiger partial charge in [-0.05, 0) is 24.6 Å². The van der Waals surface area contributed by atoms with Crippen LogP contribution in [0.15, 0.2) is 23.1 Å². The third kappa shape index (κ3) is 4.29. The molecule has 21 heavy (non-hydrogen) atoms. The normalized spacial score (nSPS) is 10.9. The van der Waals surface area contributed by atoms with Gasteiger partial charge in [0, 0.05) is 12.6 Å². The number of nitrogens with two attached hydrogens (primary N) is 1. The number of sulfonamides is 1. The van der Waals surface area contributed by atoms with Crippen LogP contribution < -0.4 is 5.73 Å². The predicted molar refractivity (Wildman–Crippen MR) is 78.9 cm³/mol. The third-order valence-electron chi connectivity index (χ3n) is 2.79. The lowest BCUT2D eigenvalue weighted by Gasteiger charge is -2.17. The third-order valence-corrected chi connectivity index (χ3v) is 4.74. The smallest absolute Gasteiger partial charge is 0.321 e. The molecule has 0 saturated heterocycles. The predicted octanol–water partition coefficient (Wildman–Crippen LogP) is 0.0987. The van der Waals surface area contributed by atoms with E-state index in [4.69, 9.17) is 5.73 Å². The summed E-state index contributed by atoms with van der Waals surface area (Å²) in [4.78, 5) is 11.3. The van der Waals surface area contributed by atoms with E-state index < -0.39 is 16.0 Å². The van der Waals surface area contributed by atoms with Gasteiger partial charge in [-0.15, -0.1) is 0 Å². The van der Waals surface area contributed by atoms with Gasteiger partial charge in [0.15, 0.2) is 0 Å². The number of carbonyl (C=O) groups is 1. The van der Waals surface area contributed by atoms with Crippen molar-refractivity contribution in [3.63, 3.8) is 0 Å². The first-order valence-corrected chi connectivity index (χ1v) is 7.59. The molecule has 0 aliphatic carbocycles. The van der Waals surface area contributed by atoms with Crippen LogP contribution in [0.1, 0.15) is 11.1 Å². The van der Waals surface area contributed by atoms with Crippen LogP contribution in [0, 0.1) is 18.8 Å². The lowest BCUT2D eigenvalue weighted by Crippen LogP contribution is -2.33. The van der Waals surface area contributed by atoms with Crippen LogP contribution in [-0.2, 0) is 19.6 Å². The number of hydrogen-bond donors (Lipinski definition) is 1. The Morgan fingerprint density at radius 1 is 1.43 bits per heavy atom. The van der Waals surface area contributed by atoms with Crippen molar-refractivity contribution in [2.75, 3.05) is 27.2 Å². The highest BCUT2D eigenvalue weighted by molar-refractivity contribution is 7.89. The number of carbonyl (C=O) groups excluding carboxylic acids is 1. The lowest BCUT2D eigenvalue weighted by molar-refractivity contribution is -0.140. The molecule has 0 spiro atoms. The molecule has 0 aliphatic heterocycles. The zero-order valence-corrected chi connectivity index (χ0v) is 13.0. The minimum atomic E-state index is -3.79. The highest BCUT2D eigenvalue weighted by atomic mass is 32.2. The molecule has 0 aliphatic rings. The maximum atomic E-state index is 12.5. The van der Waals surface area contributed by atoms with Gasteiger partial charge in [0.25, 0.3) is 0 Å². The van der Waals surface area contributed by atoms with E-state index >= 15 is 0 Å². The number of methoxy groups -OCH3 is 1. The fraction of sp³-hybridized carbons (Fsp3) is 0.357. The highest BCUT2D eigenvalue weighted by Gasteiger charge is 2.25. The Labute approximate surface area is 124 Å². The van der Waals surface area contributed by atoms with E-state index in [0.717, 1.165) is 4.31 Å². The highest BCUT2D eigenvalue weighted by Crippen LogP contribution is 2.20. The number of hydrogen-bond acceptors (Lipinski definition) is 5. The molecule has 114 valence electrons. The number of ether oxygens (including phenoxy) is 1. The van der Waals surface area contributed by atoms with Crippen LogP contribution in [0.2, 0.25) is 0 Å². The maximum Gasteiger partial charge on any atom is 0.321 e. The van der Waals surface area contributed by atoms with Crippen LogP contribution in [0.5, 0.6) is 0 Å². The summed E-state index contributed by atoms with van der Waals surface area (Å²) in [7, 11) is -1.26. The van der Waals surface area contributed by atoms with Gasteiger partial charge < -0.3 is 10.5 Å². The van der Waals surface area contributed by atoms with Crippen molar-refractivity contribution in [3.05, 3.63) is 29.3 Å². The minimum absolute atomic E-state index is 0.109. The molecule has 0 radical (unpaired) electrons. The van der Waals surface area contributed by atoms with Crippen LogP contribution >= 0.6 is 0 Å². The standard InChI is InChI=1S/C14H18N2O4S/c1-11-6-7-12(5-4-8-15)9-13(11)21(18,19)16(2)10-14(17)20-3/h6-7,9H,8,10,15H2,1-3H3. The van der Waals surface area contributed by atoms with Gasteiger partial charge in [0.2, 0.25) is 10.0 Å². The molecule has 0 saturated carbocycles.